The van der Waals surface area contributed by atoms with Gasteiger partial charge in [0.1, 0.15) is 0 Å². The number of rotatable bonds is 2. The lowest BCUT2D eigenvalue weighted by atomic mass is 10.2. The van der Waals surface area contributed by atoms with Crippen LogP contribution < -0.4 is 4.80 Å². The summed E-state index contributed by atoms with van der Waals surface area (Å²) >= 11 is 5.25. The van der Waals surface area contributed by atoms with Crippen LogP contribution in [-0.2, 0) is 0 Å². The summed E-state index contributed by atoms with van der Waals surface area (Å²) in [5.41, 5.74) is 3.54. The first-order valence-electron chi connectivity index (χ1n) is 6.74. The molecule has 1 saturated carbocycles. The standard InChI is InChI=1S/C15H16BrN3S/c1-17-15-19(18-11-6-2-3-7-11)14(10-20-15)12-8-4-5-9-13(12)16/h4-5,8-10H,2-3,6-7H2,1H3. The number of hydrogen-bond donors (Lipinski definition) is 0. The minimum absolute atomic E-state index is 0.940. The Bertz CT molecular complexity index is 704. The van der Waals surface area contributed by atoms with Crippen LogP contribution in [0, 0.1) is 0 Å². The van der Waals surface area contributed by atoms with Crippen molar-refractivity contribution in [3.8, 4) is 11.3 Å². The van der Waals surface area contributed by atoms with E-state index in [1.54, 1.807) is 11.3 Å². The summed E-state index contributed by atoms with van der Waals surface area (Å²) in [6, 6.07) is 8.24. The second-order valence-electron chi connectivity index (χ2n) is 4.79. The molecule has 0 unspecified atom stereocenters. The van der Waals surface area contributed by atoms with E-state index in [2.05, 4.69) is 38.4 Å². The number of aromatic nitrogens is 1. The van der Waals surface area contributed by atoms with Crippen LogP contribution in [0.1, 0.15) is 25.7 Å². The smallest absolute Gasteiger partial charge is 0.205 e. The molecule has 1 heterocycles. The molecule has 1 fully saturated rings. The van der Waals surface area contributed by atoms with Crippen LogP contribution in [0.3, 0.4) is 0 Å². The van der Waals surface area contributed by atoms with E-state index in [1.165, 1.54) is 18.6 Å². The van der Waals surface area contributed by atoms with Crippen molar-refractivity contribution in [2.75, 3.05) is 7.05 Å². The second kappa shape index (κ2) is 6.06. The lowest BCUT2D eigenvalue weighted by Crippen LogP contribution is -2.13. The van der Waals surface area contributed by atoms with Crippen molar-refractivity contribution in [1.29, 1.82) is 0 Å². The average molecular weight is 350 g/mol. The molecule has 0 saturated heterocycles. The summed E-state index contributed by atoms with van der Waals surface area (Å²) in [5.74, 6) is 0. The summed E-state index contributed by atoms with van der Waals surface area (Å²) in [5, 5.41) is 6.96. The zero-order valence-electron chi connectivity index (χ0n) is 11.3. The fourth-order valence-corrected chi connectivity index (χ4v) is 3.70. The highest BCUT2D eigenvalue weighted by atomic mass is 79.9. The third-order valence-electron chi connectivity index (χ3n) is 3.45. The van der Waals surface area contributed by atoms with E-state index in [0.29, 0.717) is 0 Å². The maximum Gasteiger partial charge on any atom is 0.205 e. The van der Waals surface area contributed by atoms with Crippen LogP contribution in [0.5, 0.6) is 0 Å². The van der Waals surface area contributed by atoms with Crippen molar-refractivity contribution >= 4 is 33.0 Å². The molecule has 0 bridgehead atoms. The quantitative estimate of drug-likeness (QED) is 0.774. The van der Waals surface area contributed by atoms with Crippen molar-refractivity contribution in [2.45, 2.75) is 25.7 Å². The first kappa shape index (κ1) is 13.8. The van der Waals surface area contributed by atoms with Gasteiger partial charge < -0.3 is 0 Å². The fourth-order valence-electron chi connectivity index (χ4n) is 2.43. The van der Waals surface area contributed by atoms with E-state index in [9.17, 15) is 0 Å². The van der Waals surface area contributed by atoms with Crippen molar-refractivity contribution in [3.63, 3.8) is 0 Å². The van der Waals surface area contributed by atoms with Gasteiger partial charge in [0.15, 0.2) is 0 Å². The van der Waals surface area contributed by atoms with E-state index >= 15 is 0 Å². The van der Waals surface area contributed by atoms with Crippen LogP contribution in [0.4, 0.5) is 0 Å². The molecule has 104 valence electrons. The Morgan fingerprint density at radius 3 is 2.65 bits per heavy atom. The first-order chi connectivity index (χ1) is 9.79. The van der Waals surface area contributed by atoms with E-state index in [4.69, 9.17) is 5.10 Å². The van der Waals surface area contributed by atoms with Gasteiger partial charge in [-0.15, -0.1) is 11.3 Å². The number of halogens is 1. The topological polar surface area (TPSA) is 29.6 Å². The molecule has 0 aliphatic heterocycles. The van der Waals surface area contributed by atoms with Gasteiger partial charge in [-0.2, -0.15) is 5.10 Å². The molecule has 1 aliphatic carbocycles. The molecule has 0 N–H and O–H groups in total. The molecule has 1 aliphatic rings. The van der Waals surface area contributed by atoms with Gasteiger partial charge in [-0.3, -0.25) is 4.99 Å². The first-order valence-corrected chi connectivity index (χ1v) is 8.42. The molecular formula is C15H16BrN3S. The van der Waals surface area contributed by atoms with Crippen molar-refractivity contribution in [3.05, 3.63) is 38.9 Å². The Labute approximate surface area is 130 Å². The largest absolute Gasteiger partial charge is 0.261 e. The number of thiazole rings is 1. The lowest BCUT2D eigenvalue weighted by molar-refractivity contribution is 0.835. The van der Waals surface area contributed by atoms with Crippen LogP contribution in [0.25, 0.3) is 11.3 Å². The number of nitrogens with zero attached hydrogens (tertiary/aromatic N) is 3. The van der Waals surface area contributed by atoms with Crippen LogP contribution in [-0.4, -0.2) is 17.4 Å². The van der Waals surface area contributed by atoms with Gasteiger partial charge in [0, 0.05) is 28.2 Å². The third-order valence-corrected chi connectivity index (χ3v) is 5.05. The SMILES string of the molecule is CN=c1scc(-c2ccccc2Br)n1N=C1CCCC1. The minimum Gasteiger partial charge on any atom is -0.261 e. The second-order valence-corrected chi connectivity index (χ2v) is 6.48. The van der Waals surface area contributed by atoms with Crippen LogP contribution in [0.15, 0.2) is 44.2 Å². The van der Waals surface area contributed by atoms with E-state index < -0.39 is 0 Å². The molecule has 0 atom stereocenters. The fraction of sp³-hybridized carbons (Fsp3) is 0.333. The van der Waals surface area contributed by atoms with E-state index in [0.717, 1.165) is 33.4 Å². The van der Waals surface area contributed by atoms with Gasteiger partial charge in [0.2, 0.25) is 4.80 Å². The minimum atomic E-state index is 0.940. The third kappa shape index (κ3) is 2.65. The van der Waals surface area contributed by atoms with Crippen molar-refractivity contribution in [2.24, 2.45) is 10.1 Å². The van der Waals surface area contributed by atoms with Gasteiger partial charge in [0.25, 0.3) is 0 Å². The highest BCUT2D eigenvalue weighted by Gasteiger charge is 2.13. The molecule has 3 rings (SSSR count). The van der Waals surface area contributed by atoms with Gasteiger partial charge >= 0.3 is 0 Å². The van der Waals surface area contributed by atoms with Gasteiger partial charge in [-0.1, -0.05) is 34.1 Å². The highest BCUT2D eigenvalue weighted by Crippen LogP contribution is 2.28. The Kier molecular flexibility index (Phi) is 4.17. The summed E-state index contributed by atoms with van der Waals surface area (Å²) < 4.78 is 3.08. The molecule has 5 heteroatoms. The molecule has 1 aromatic carbocycles. The lowest BCUT2D eigenvalue weighted by Gasteiger charge is -2.06. The van der Waals surface area contributed by atoms with Crippen molar-refractivity contribution < 1.29 is 0 Å². The molecule has 20 heavy (non-hydrogen) atoms. The Morgan fingerprint density at radius 1 is 1.20 bits per heavy atom. The molecule has 0 spiro atoms. The highest BCUT2D eigenvalue weighted by molar-refractivity contribution is 9.10. The zero-order chi connectivity index (χ0) is 13.9. The van der Waals surface area contributed by atoms with Crippen LogP contribution in [0.2, 0.25) is 0 Å². The summed E-state index contributed by atoms with van der Waals surface area (Å²) in [7, 11) is 1.82. The maximum atomic E-state index is 4.84. The van der Waals surface area contributed by atoms with Gasteiger partial charge in [-0.05, 0) is 31.7 Å². The number of benzene rings is 1. The monoisotopic (exact) mass is 349 g/mol. The number of hydrogen-bond acceptors (Lipinski definition) is 3. The van der Waals surface area contributed by atoms with Gasteiger partial charge in [-0.25, -0.2) is 4.68 Å². The predicted octanol–water partition coefficient (Wildman–Crippen LogP) is 4.29. The Hall–Kier alpha value is -1.20. The van der Waals surface area contributed by atoms with Crippen molar-refractivity contribution in [1.82, 2.24) is 4.68 Å². The molecule has 2 aromatic rings. The molecule has 0 radical (unpaired) electrons. The van der Waals surface area contributed by atoms with Crippen LogP contribution >= 0.6 is 27.3 Å². The molecule has 1 aromatic heterocycles. The predicted molar refractivity (Wildman–Crippen MR) is 88.2 cm³/mol. The Balaban J connectivity index is 2.15. The summed E-state index contributed by atoms with van der Waals surface area (Å²) in [6.07, 6.45) is 4.74. The van der Waals surface area contributed by atoms with E-state index in [1.807, 2.05) is 23.9 Å². The van der Waals surface area contributed by atoms with Gasteiger partial charge in [0.05, 0.1) is 5.69 Å². The molecule has 0 amide bonds. The summed E-state index contributed by atoms with van der Waals surface area (Å²) in [4.78, 5) is 5.29. The van der Waals surface area contributed by atoms with E-state index in [-0.39, 0.29) is 0 Å². The zero-order valence-corrected chi connectivity index (χ0v) is 13.7. The Morgan fingerprint density at radius 2 is 1.95 bits per heavy atom. The molecular weight excluding hydrogens is 334 g/mol. The molecule has 3 nitrogen and oxygen atoms in total. The summed E-state index contributed by atoms with van der Waals surface area (Å²) in [6.45, 7) is 0. The maximum absolute atomic E-state index is 4.84. The normalized spacial score (nSPS) is 15.9. The average Bonchev–Trinajstić information content (AvgIpc) is 3.10.